The van der Waals surface area contributed by atoms with E-state index < -0.39 is 29.9 Å². The number of carboxylic acid groups (broad SMARTS) is 2. The molecule has 7 nitrogen and oxygen atoms in total. The molecule has 2 atom stereocenters. The van der Waals surface area contributed by atoms with Gasteiger partial charge in [0.05, 0.1) is 12.4 Å². The van der Waals surface area contributed by atoms with Crippen molar-refractivity contribution in [2.45, 2.75) is 18.0 Å². The lowest BCUT2D eigenvalue weighted by Crippen LogP contribution is -2.36. The van der Waals surface area contributed by atoms with E-state index in [1.807, 2.05) is 18.2 Å². The van der Waals surface area contributed by atoms with Crippen molar-refractivity contribution < 1.29 is 34.0 Å². The summed E-state index contributed by atoms with van der Waals surface area (Å²) in [6.45, 7) is 0. The van der Waals surface area contributed by atoms with Gasteiger partial charge in [-0.05, 0) is 29.0 Å². The molecule has 1 fully saturated rings. The predicted octanol–water partition coefficient (Wildman–Crippen LogP) is 2.35. The minimum atomic E-state index is -1.60. The molecule has 0 bridgehead atoms. The number of halogens is 1. The summed E-state index contributed by atoms with van der Waals surface area (Å²) in [6.07, 6.45) is -3.19. The van der Waals surface area contributed by atoms with E-state index in [-0.39, 0.29) is 5.33 Å². The summed E-state index contributed by atoms with van der Waals surface area (Å²) >= 11 is 3.25. The number of rotatable bonds is 5. The van der Waals surface area contributed by atoms with Crippen LogP contribution in [0.5, 0.6) is 5.75 Å². The molecule has 0 aromatic heterocycles. The highest BCUT2D eigenvalue weighted by Crippen LogP contribution is 2.40. The van der Waals surface area contributed by atoms with Crippen molar-refractivity contribution in [2.75, 3.05) is 12.4 Å². The molecule has 0 unspecified atom stereocenters. The number of fused-ring (bicyclic) bond motifs is 1. The Morgan fingerprint density at radius 1 is 1.08 bits per heavy atom. The molecule has 0 spiro atoms. The van der Waals surface area contributed by atoms with E-state index in [0.717, 1.165) is 10.8 Å². The summed E-state index contributed by atoms with van der Waals surface area (Å²) in [5, 5.41) is 20.3. The third kappa shape index (κ3) is 3.08. The molecule has 8 heteroatoms. The van der Waals surface area contributed by atoms with Crippen molar-refractivity contribution >= 4 is 38.6 Å². The molecule has 25 heavy (non-hydrogen) atoms. The summed E-state index contributed by atoms with van der Waals surface area (Å²) in [4.78, 5) is 22.7. The van der Waals surface area contributed by atoms with E-state index in [2.05, 4.69) is 15.9 Å². The lowest BCUT2D eigenvalue weighted by atomic mass is 10.0. The molecule has 1 heterocycles. The van der Waals surface area contributed by atoms with E-state index in [4.69, 9.17) is 14.2 Å². The molecular formula is C17H15BrO7. The van der Waals surface area contributed by atoms with Crippen molar-refractivity contribution in [3.05, 3.63) is 42.0 Å². The number of carbonyl (C=O) groups is 2. The number of hydrogen-bond donors (Lipinski definition) is 2. The van der Waals surface area contributed by atoms with Crippen molar-refractivity contribution in [1.29, 1.82) is 0 Å². The van der Waals surface area contributed by atoms with Crippen molar-refractivity contribution in [1.82, 2.24) is 0 Å². The predicted molar refractivity (Wildman–Crippen MR) is 91.0 cm³/mol. The zero-order valence-electron chi connectivity index (χ0n) is 13.1. The Kier molecular flexibility index (Phi) is 4.68. The first-order valence-corrected chi connectivity index (χ1v) is 8.48. The van der Waals surface area contributed by atoms with Crippen LogP contribution in [0.3, 0.4) is 0 Å². The highest BCUT2D eigenvalue weighted by Gasteiger charge is 2.54. The van der Waals surface area contributed by atoms with Crippen LogP contribution in [0.15, 0.2) is 36.4 Å². The van der Waals surface area contributed by atoms with Crippen molar-refractivity contribution in [3.8, 4) is 5.75 Å². The van der Waals surface area contributed by atoms with Crippen molar-refractivity contribution in [2.24, 2.45) is 0 Å². The van der Waals surface area contributed by atoms with Gasteiger partial charge in [-0.15, -0.1) is 0 Å². The van der Waals surface area contributed by atoms with Gasteiger partial charge in [-0.2, -0.15) is 0 Å². The maximum Gasteiger partial charge on any atom is 0.336 e. The third-order valence-corrected chi connectivity index (χ3v) is 4.80. The van der Waals surface area contributed by atoms with Crippen LogP contribution in [0.2, 0.25) is 0 Å². The highest BCUT2D eigenvalue weighted by atomic mass is 79.9. The zero-order valence-corrected chi connectivity index (χ0v) is 14.7. The number of alkyl halides is 1. The van der Waals surface area contributed by atoms with E-state index in [0.29, 0.717) is 11.3 Å². The van der Waals surface area contributed by atoms with Crippen LogP contribution in [0.25, 0.3) is 10.8 Å². The minimum Gasteiger partial charge on any atom is -0.497 e. The fraction of sp³-hybridized carbons (Fsp3) is 0.294. The largest absolute Gasteiger partial charge is 0.497 e. The molecule has 1 saturated heterocycles. The van der Waals surface area contributed by atoms with Gasteiger partial charge in [0.2, 0.25) is 5.79 Å². The average molecular weight is 411 g/mol. The second-order valence-electron chi connectivity index (χ2n) is 5.57. The topological polar surface area (TPSA) is 102 Å². The molecule has 0 radical (unpaired) electrons. The Morgan fingerprint density at radius 2 is 1.64 bits per heavy atom. The maximum atomic E-state index is 11.3. The van der Waals surface area contributed by atoms with Gasteiger partial charge in [-0.3, -0.25) is 0 Å². The Bertz CT molecular complexity index is 813. The molecular weight excluding hydrogens is 396 g/mol. The Balaban J connectivity index is 2.04. The van der Waals surface area contributed by atoms with Crippen LogP contribution in [0.4, 0.5) is 0 Å². The van der Waals surface area contributed by atoms with Crippen LogP contribution < -0.4 is 4.74 Å². The first-order chi connectivity index (χ1) is 11.9. The molecule has 132 valence electrons. The van der Waals surface area contributed by atoms with Gasteiger partial charge >= 0.3 is 11.9 Å². The summed E-state index contributed by atoms with van der Waals surface area (Å²) in [7, 11) is 1.58. The molecule has 0 amide bonds. The number of benzene rings is 2. The van der Waals surface area contributed by atoms with Gasteiger partial charge in [0.1, 0.15) is 5.75 Å². The second kappa shape index (κ2) is 6.62. The lowest BCUT2D eigenvalue weighted by molar-refractivity contribution is -0.180. The molecule has 2 N–H and O–H groups in total. The van der Waals surface area contributed by atoms with Crippen LogP contribution >= 0.6 is 15.9 Å². The Morgan fingerprint density at radius 3 is 2.16 bits per heavy atom. The Labute approximate surface area is 151 Å². The van der Waals surface area contributed by atoms with Crippen LogP contribution in [-0.2, 0) is 24.8 Å². The fourth-order valence-electron chi connectivity index (χ4n) is 2.79. The van der Waals surface area contributed by atoms with E-state index in [1.54, 1.807) is 25.3 Å². The first-order valence-electron chi connectivity index (χ1n) is 7.36. The average Bonchev–Trinajstić information content (AvgIpc) is 3.03. The van der Waals surface area contributed by atoms with Gasteiger partial charge in [0.15, 0.2) is 12.2 Å². The highest BCUT2D eigenvalue weighted by molar-refractivity contribution is 9.09. The quantitative estimate of drug-likeness (QED) is 0.729. The lowest BCUT2D eigenvalue weighted by Gasteiger charge is -2.26. The van der Waals surface area contributed by atoms with Crippen molar-refractivity contribution in [3.63, 3.8) is 0 Å². The van der Waals surface area contributed by atoms with Gasteiger partial charge in [-0.25, -0.2) is 9.59 Å². The zero-order chi connectivity index (χ0) is 18.2. The van der Waals surface area contributed by atoms with E-state index >= 15 is 0 Å². The van der Waals surface area contributed by atoms with Gasteiger partial charge < -0.3 is 24.4 Å². The van der Waals surface area contributed by atoms with Gasteiger partial charge in [0.25, 0.3) is 0 Å². The molecule has 0 aliphatic carbocycles. The van der Waals surface area contributed by atoms with Crippen LogP contribution in [0, 0.1) is 0 Å². The SMILES string of the molecule is COc1ccc2cc(C3(CBr)O[C@@H](C(=O)O)[C@H](C(=O)O)O3)ccc2c1. The summed E-state index contributed by atoms with van der Waals surface area (Å²) in [5.74, 6) is -3.57. The Hall–Kier alpha value is -2.16. The smallest absolute Gasteiger partial charge is 0.336 e. The van der Waals surface area contributed by atoms with E-state index in [1.165, 1.54) is 0 Å². The van der Waals surface area contributed by atoms with Crippen LogP contribution in [-0.4, -0.2) is 46.8 Å². The number of ether oxygens (including phenoxy) is 3. The molecule has 1 aliphatic rings. The van der Waals surface area contributed by atoms with Crippen LogP contribution in [0.1, 0.15) is 5.56 Å². The number of carboxylic acids is 2. The molecule has 1 aliphatic heterocycles. The summed E-state index contributed by atoms with van der Waals surface area (Å²) in [5.41, 5.74) is 0.525. The fourth-order valence-corrected chi connectivity index (χ4v) is 3.37. The third-order valence-electron chi connectivity index (χ3n) is 4.06. The van der Waals surface area contributed by atoms with Gasteiger partial charge in [-0.1, -0.05) is 34.1 Å². The monoisotopic (exact) mass is 410 g/mol. The second-order valence-corrected chi connectivity index (χ2v) is 6.13. The molecule has 0 saturated carbocycles. The normalized spacial score (nSPS) is 22.0. The molecule has 2 aromatic carbocycles. The van der Waals surface area contributed by atoms with Gasteiger partial charge in [0, 0.05) is 5.56 Å². The summed E-state index contributed by atoms with van der Waals surface area (Å²) in [6, 6.07) is 10.8. The molecule has 3 rings (SSSR count). The summed E-state index contributed by atoms with van der Waals surface area (Å²) < 4.78 is 16.3. The number of hydrogen-bond acceptors (Lipinski definition) is 5. The number of aliphatic carboxylic acids is 2. The first kappa shape index (κ1) is 17.7. The minimum absolute atomic E-state index is 0.0786. The standard InChI is InChI=1S/C17H15BrO7/c1-23-12-5-3-9-6-11(4-2-10(9)7-12)17(8-18)24-13(15(19)20)14(25-17)16(21)22/h2-7,13-14H,8H2,1H3,(H,19,20)(H,21,22)/t13-,14-/m1/s1. The maximum absolute atomic E-state index is 11.3. The van der Waals surface area contributed by atoms with E-state index in [9.17, 15) is 19.8 Å². The number of methoxy groups -OCH3 is 1. The molecule has 2 aromatic rings.